The average Bonchev–Trinajstić information content (AvgIpc) is 2.57. The summed E-state index contributed by atoms with van der Waals surface area (Å²) in [6.45, 7) is 3.89. The summed E-state index contributed by atoms with van der Waals surface area (Å²) in [5.41, 5.74) is 9.27. The van der Waals surface area contributed by atoms with Crippen molar-refractivity contribution in [2.75, 3.05) is 5.73 Å². The number of anilines is 1. The molecule has 2 rings (SSSR count). The number of hydrogen-bond acceptors (Lipinski definition) is 4. The molecule has 0 aliphatic carbocycles. The summed E-state index contributed by atoms with van der Waals surface area (Å²) in [5, 5.41) is 0. The lowest BCUT2D eigenvalue weighted by molar-refractivity contribution is 1.22. The van der Waals surface area contributed by atoms with Crippen molar-refractivity contribution in [3.05, 3.63) is 29.6 Å². The highest BCUT2D eigenvalue weighted by molar-refractivity contribution is 7.09. The van der Waals surface area contributed by atoms with Crippen molar-refractivity contribution < 1.29 is 0 Å². The summed E-state index contributed by atoms with van der Waals surface area (Å²) < 4.78 is 4.22. The minimum atomic E-state index is 0.731. The minimum absolute atomic E-state index is 0.731. The van der Waals surface area contributed by atoms with Crippen LogP contribution >= 0.6 is 11.5 Å². The third kappa shape index (κ3) is 1.61. The van der Waals surface area contributed by atoms with Gasteiger partial charge in [-0.15, -0.1) is 0 Å². The first-order valence-corrected chi connectivity index (χ1v) is 5.11. The van der Waals surface area contributed by atoms with Gasteiger partial charge in [-0.05, 0) is 43.6 Å². The summed E-state index contributed by atoms with van der Waals surface area (Å²) in [6.07, 6.45) is 0. The number of nitrogens with zero attached hydrogens (tertiary/aromatic N) is 2. The largest absolute Gasteiger partial charge is 0.397 e. The van der Waals surface area contributed by atoms with Gasteiger partial charge in [-0.25, -0.2) is 0 Å². The first kappa shape index (κ1) is 9.15. The molecular formula is C10H11N3S. The summed E-state index contributed by atoms with van der Waals surface area (Å²) in [7, 11) is 0. The van der Waals surface area contributed by atoms with Gasteiger partial charge in [0.1, 0.15) is 0 Å². The Balaban J connectivity index is 2.47. The Kier molecular flexibility index (Phi) is 2.21. The lowest BCUT2D eigenvalue weighted by atomic mass is 10.2. The predicted molar refractivity (Wildman–Crippen MR) is 59.2 cm³/mol. The number of rotatable bonds is 1. The number of aromatic nitrogens is 2. The highest BCUT2D eigenvalue weighted by Gasteiger charge is 2.04. The van der Waals surface area contributed by atoms with Crippen LogP contribution in [0.4, 0.5) is 5.69 Å². The summed E-state index contributed by atoms with van der Waals surface area (Å²) >= 11 is 1.46. The zero-order chi connectivity index (χ0) is 10.1. The lowest BCUT2D eigenvalue weighted by Crippen LogP contribution is -1.93. The van der Waals surface area contributed by atoms with E-state index >= 15 is 0 Å². The fourth-order valence-corrected chi connectivity index (χ4v) is 1.92. The second-order valence-electron chi connectivity index (χ2n) is 3.20. The summed E-state index contributed by atoms with van der Waals surface area (Å²) in [6, 6.07) is 5.84. The van der Waals surface area contributed by atoms with Gasteiger partial charge in [-0.1, -0.05) is 0 Å². The Morgan fingerprint density at radius 1 is 1.29 bits per heavy atom. The van der Waals surface area contributed by atoms with E-state index in [1.807, 2.05) is 32.0 Å². The third-order valence-electron chi connectivity index (χ3n) is 2.01. The Morgan fingerprint density at radius 3 is 2.64 bits per heavy atom. The van der Waals surface area contributed by atoms with Crippen molar-refractivity contribution in [1.29, 1.82) is 0 Å². The second-order valence-corrected chi connectivity index (χ2v) is 4.01. The molecule has 0 radical (unpaired) electrons. The molecule has 3 nitrogen and oxygen atoms in total. The molecule has 0 spiro atoms. The zero-order valence-corrected chi connectivity index (χ0v) is 8.93. The number of pyridine rings is 1. The summed E-state index contributed by atoms with van der Waals surface area (Å²) in [4.78, 5) is 5.49. The predicted octanol–water partition coefficient (Wildman–Crippen LogP) is 2.40. The van der Waals surface area contributed by atoms with Crippen molar-refractivity contribution in [1.82, 2.24) is 9.36 Å². The third-order valence-corrected chi connectivity index (χ3v) is 2.91. The van der Waals surface area contributed by atoms with E-state index in [-0.39, 0.29) is 0 Å². The quantitative estimate of drug-likeness (QED) is 0.777. The number of nitrogens with two attached hydrogens (primary N) is 1. The van der Waals surface area contributed by atoms with Gasteiger partial charge in [0.15, 0.2) is 0 Å². The van der Waals surface area contributed by atoms with Gasteiger partial charge >= 0.3 is 0 Å². The van der Waals surface area contributed by atoms with Crippen molar-refractivity contribution in [2.45, 2.75) is 13.8 Å². The number of aryl methyl sites for hydroxylation is 2. The molecule has 0 atom stereocenters. The fourth-order valence-electron chi connectivity index (χ4n) is 1.19. The Bertz CT molecular complexity index is 462. The molecule has 0 aromatic carbocycles. The Morgan fingerprint density at radius 2 is 2.07 bits per heavy atom. The monoisotopic (exact) mass is 205 g/mol. The van der Waals surface area contributed by atoms with Crippen molar-refractivity contribution in [2.24, 2.45) is 0 Å². The van der Waals surface area contributed by atoms with Crippen molar-refractivity contribution in [3.63, 3.8) is 0 Å². The van der Waals surface area contributed by atoms with Gasteiger partial charge in [0.2, 0.25) is 0 Å². The molecule has 0 aliphatic heterocycles. The van der Waals surface area contributed by atoms with Crippen LogP contribution in [0.15, 0.2) is 18.2 Å². The maximum Gasteiger partial charge on any atom is 0.0822 e. The molecule has 0 fully saturated rings. The van der Waals surface area contributed by atoms with Crippen LogP contribution in [-0.2, 0) is 0 Å². The van der Waals surface area contributed by atoms with E-state index in [0.717, 1.165) is 27.6 Å². The van der Waals surface area contributed by atoms with Crippen LogP contribution in [0.2, 0.25) is 0 Å². The van der Waals surface area contributed by atoms with Crippen LogP contribution in [0.25, 0.3) is 10.6 Å². The van der Waals surface area contributed by atoms with Crippen LogP contribution < -0.4 is 5.73 Å². The highest BCUT2D eigenvalue weighted by atomic mass is 32.1. The van der Waals surface area contributed by atoms with Gasteiger partial charge in [-0.3, -0.25) is 4.98 Å². The van der Waals surface area contributed by atoms with E-state index in [4.69, 9.17) is 5.73 Å². The molecule has 2 aromatic heterocycles. The molecule has 0 saturated carbocycles. The number of nitrogen functional groups attached to an aromatic ring is 1. The Labute approximate surface area is 86.8 Å². The van der Waals surface area contributed by atoms with Crippen LogP contribution in [0.5, 0.6) is 0 Å². The van der Waals surface area contributed by atoms with Crippen molar-refractivity contribution in [3.8, 4) is 10.6 Å². The van der Waals surface area contributed by atoms with Crippen LogP contribution in [0, 0.1) is 13.8 Å². The van der Waals surface area contributed by atoms with Gasteiger partial charge in [0, 0.05) is 0 Å². The minimum Gasteiger partial charge on any atom is -0.397 e. The molecule has 14 heavy (non-hydrogen) atoms. The first-order valence-electron chi connectivity index (χ1n) is 4.33. The molecule has 2 heterocycles. The normalized spacial score (nSPS) is 10.4. The fraction of sp³-hybridized carbons (Fsp3) is 0.200. The van der Waals surface area contributed by atoms with Crippen LogP contribution in [-0.4, -0.2) is 9.36 Å². The molecule has 0 unspecified atom stereocenters. The van der Waals surface area contributed by atoms with Gasteiger partial charge in [0.25, 0.3) is 0 Å². The van der Waals surface area contributed by atoms with E-state index in [1.165, 1.54) is 11.5 Å². The maximum absolute atomic E-state index is 5.70. The zero-order valence-electron chi connectivity index (χ0n) is 8.11. The van der Waals surface area contributed by atoms with E-state index in [9.17, 15) is 0 Å². The average molecular weight is 205 g/mol. The number of hydrogen-bond donors (Lipinski definition) is 1. The first-order chi connectivity index (χ1) is 6.66. The standard InChI is InChI=1S/C10H11N3S/c1-6-5-10(14-13-6)9-4-3-8(11)7(2)12-9/h3-5H,11H2,1-2H3. The SMILES string of the molecule is Cc1cc(-c2ccc(N)c(C)n2)sn1. The molecule has 2 N–H and O–H groups in total. The van der Waals surface area contributed by atoms with Gasteiger partial charge in [-0.2, -0.15) is 4.37 Å². The molecule has 2 aromatic rings. The Hall–Kier alpha value is -1.42. The highest BCUT2D eigenvalue weighted by Crippen LogP contribution is 2.24. The van der Waals surface area contributed by atoms with Gasteiger partial charge in [0.05, 0.1) is 27.6 Å². The molecular weight excluding hydrogens is 194 g/mol. The maximum atomic E-state index is 5.70. The molecule has 0 amide bonds. The van der Waals surface area contributed by atoms with E-state index in [1.54, 1.807) is 0 Å². The van der Waals surface area contributed by atoms with E-state index in [0.29, 0.717) is 0 Å². The topological polar surface area (TPSA) is 51.8 Å². The molecule has 4 heteroatoms. The van der Waals surface area contributed by atoms with Crippen LogP contribution in [0.1, 0.15) is 11.4 Å². The molecule has 72 valence electrons. The smallest absolute Gasteiger partial charge is 0.0822 e. The van der Waals surface area contributed by atoms with E-state index in [2.05, 4.69) is 9.36 Å². The molecule has 0 saturated heterocycles. The summed E-state index contributed by atoms with van der Waals surface area (Å²) in [5.74, 6) is 0. The van der Waals surface area contributed by atoms with Crippen LogP contribution in [0.3, 0.4) is 0 Å². The lowest BCUT2D eigenvalue weighted by Gasteiger charge is -2.00. The molecule has 0 aliphatic rings. The van der Waals surface area contributed by atoms with E-state index < -0.39 is 0 Å². The second kappa shape index (κ2) is 3.38. The van der Waals surface area contributed by atoms with Gasteiger partial charge < -0.3 is 5.73 Å². The molecule has 0 bridgehead atoms. The van der Waals surface area contributed by atoms with Crippen molar-refractivity contribution >= 4 is 17.2 Å².